The maximum absolute atomic E-state index is 6.33. The van der Waals surface area contributed by atoms with Gasteiger partial charge >= 0.3 is 14.2 Å². The van der Waals surface area contributed by atoms with Gasteiger partial charge in [-0.05, 0) is 156 Å². The highest BCUT2D eigenvalue weighted by Crippen LogP contribution is 2.52. The van der Waals surface area contributed by atoms with Crippen LogP contribution in [0.5, 0.6) is 11.5 Å². The Hall–Kier alpha value is -3.37. The van der Waals surface area contributed by atoms with Crippen LogP contribution in [0.2, 0.25) is 0 Å². The third kappa shape index (κ3) is 7.65. The first-order valence-corrected chi connectivity index (χ1v) is 22.5. The number of rotatable bonds is 6. The van der Waals surface area contributed by atoms with Gasteiger partial charge in [-0.3, -0.25) is 0 Å². The average Bonchev–Trinajstić information content (AvgIpc) is 3.65. The lowest BCUT2D eigenvalue weighted by molar-refractivity contribution is 0.00578. The summed E-state index contributed by atoms with van der Waals surface area (Å²) in [5.41, 5.74) is 10.3. The van der Waals surface area contributed by atoms with E-state index < -0.39 is 0 Å². The number of halogens is 2. The summed E-state index contributed by atoms with van der Waals surface area (Å²) in [4.78, 5) is 2.26. The molecule has 9 rings (SSSR count). The van der Waals surface area contributed by atoms with Gasteiger partial charge in [0.2, 0.25) is 0 Å². The predicted octanol–water partition coefficient (Wildman–Crippen LogP) is 12.7. The van der Waals surface area contributed by atoms with Crippen LogP contribution in [-0.4, -0.2) is 36.6 Å². The van der Waals surface area contributed by atoms with Gasteiger partial charge in [0.05, 0.1) is 33.8 Å². The molecule has 0 radical (unpaired) electrons. The second-order valence-electron chi connectivity index (χ2n) is 18.8. The minimum atomic E-state index is -0.361. The van der Waals surface area contributed by atoms with Crippen molar-refractivity contribution in [3.8, 4) is 22.6 Å². The Morgan fingerprint density at radius 1 is 0.525 bits per heavy atom. The molecule has 0 aromatic heterocycles. The first-order valence-electron chi connectivity index (χ1n) is 20.9. The SMILES string of the molecule is CC1(C)c2cc(B3OC(C)(C)C(C)(C)O3)ccc2-c2ccc(B3OC(C)(C)C(C)(C)O3)cc21.CCCCc1ccc(N2c3ccc(Br)cc3Oc3cc(Br)ccc32)cc1. The fourth-order valence-corrected chi connectivity index (χ4v) is 8.93. The standard InChI is InChI=1S/C27H36B2O4.C22H19Br2NO/c1-23(2)21-15-17(28-30-24(3,4)25(5,6)31-28)11-13-19(21)20-14-12-18(16-22(20)23)29-32-26(7,8)27(9,10)33-29;1-2-3-4-15-5-9-18(10-6-15)25-19-11-7-16(23)13-21(19)26-22-14-17(24)8-12-20(22)25/h11-16H,1-10H3;5-14H,2-4H2,1H3. The molecular formula is C49H55B2Br2NO5. The molecule has 306 valence electrons. The van der Waals surface area contributed by atoms with E-state index in [9.17, 15) is 0 Å². The van der Waals surface area contributed by atoms with E-state index in [1.165, 1.54) is 40.7 Å². The van der Waals surface area contributed by atoms with Crippen LogP contribution in [0, 0.1) is 0 Å². The second-order valence-corrected chi connectivity index (χ2v) is 20.7. The van der Waals surface area contributed by atoms with Gasteiger partial charge < -0.3 is 28.3 Å². The van der Waals surface area contributed by atoms with Crippen molar-refractivity contribution in [3.05, 3.63) is 123 Å². The molecule has 0 N–H and O–H groups in total. The third-order valence-electron chi connectivity index (χ3n) is 13.3. The van der Waals surface area contributed by atoms with Gasteiger partial charge in [0.25, 0.3) is 0 Å². The second kappa shape index (κ2) is 15.2. The Balaban J connectivity index is 0.000000169. The minimum Gasteiger partial charge on any atom is -0.453 e. The van der Waals surface area contributed by atoms with Crippen LogP contribution in [0.4, 0.5) is 17.1 Å². The van der Waals surface area contributed by atoms with E-state index in [1.54, 1.807) is 0 Å². The number of nitrogens with zero attached hydrogens (tertiary/aromatic N) is 1. The molecule has 6 nitrogen and oxygen atoms in total. The topological polar surface area (TPSA) is 49.4 Å². The van der Waals surface area contributed by atoms with E-state index in [2.05, 4.69) is 198 Å². The van der Waals surface area contributed by atoms with Crippen molar-refractivity contribution in [2.24, 2.45) is 0 Å². The van der Waals surface area contributed by atoms with Gasteiger partial charge in [-0.1, -0.05) is 108 Å². The molecular weight excluding hydrogens is 864 g/mol. The summed E-state index contributed by atoms with van der Waals surface area (Å²) >= 11 is 7.09. The van der Waals surface area contributed by atoms with E-state index in [-0.39, 0.29) is 42.1 Å². The Labute approximate surface area is 368 Å². The summed E-state index contributed by atoms with van der Waals surface area (Å²) in [5.74, 6) is 1.69. The third-order valence-corrected chi connectivity index (χ3v) is 14.3. The molecule has 0 bridgehead atoms. The van der Waals surface area contributed by atoms with Crippen LogP contribution in [0.1, 0.15) is 106 Å². The molecule has 0 amide bonds. The molecule has 10 heteroatoms. The Morgan fingerprint density at radius 2 is 0.949 bits per heavy atom. The summed E-state index contributed by atoms with van der Waals surface area (Å²) in [5, 5.41) is 0. The number of unbranched alkanes of at least 4 members (excludes halogenated alkanes) is 1. The van der Waals surface area contributed by atoms with Crippen molar-refractivity contribution in [1.29, 1.82) is 0 Å². The summed E-state index contributed by atoms with van der Waals surface area (Å²) in [6, 6.07) is 34.5. The van der Waals surface area contributed by atoms with E-state index in [4.69, 9.17) is 23.4 Å². The first kappa shape index (κ1) is 42.3. The van der Waals surface area contributed by atoms with Gasteiger partial charge in [0, 0.05) is 20.0 Å². The fraction of sp³-hybridized carbons (Fsp3) is 0.388. The number of fused-ring (bicyclic) bond motifs is 5. The van der Waals surface area contributed by atoms with Crippen LogP contribution in [0.15, 0.2) is 106 Å². The van der Waals surface area contributed by atoms with Crippen molar-refractivity contribution in [1.82, 2.24) is 0 Å². The molecule has 0 spiro atoms. The summed E-state index contributed by atoms with van der Waals surface area (Å²) in [6.07, 6.45) is 3.58. The maximum atomic E-state index is 6.33. The fourth-order valence-electron chi connectivity index (χ4n) is 8.25. The van der Waals surface area contributed by atoms with Gasteiger partial charge in [-0.15, -0.1) is 0 Å². The molecule has 0 atom stereocenters. The first-order chi connectivity index (χ1) is 27.7. The number of ether oxygens (including phenoxy) is 1. The molecule has 3 aliphatic heterocycles. The molecule has 2 fully saturated rings. The molecule has 0 saturated carbocycles. The van der Waals surface area contributed by atoms with Crippen LogP contribution in [0.3, 0.4) is 0 Å². The van der Waals surface area contributed by atoms with E-state index >= 15 is 0 Å². The number of hydrogen-bond acceptors (Lipinski definition) is 6. The number of benzene rings is 5. The maximum Gasteiger partial charge on any atom is 0.494 e. The molecule has 1 aliphatic carbocycles. The zero-order chi connectivity index (χ0) is 42.3. The highest BCUT2D eigenvalue weighted by molar-refractivity contribution is 9.10. The lowest BCUT2D eigenvalue weighted by Gasteiger charge is -2.33. The summed E-state index contributed by atoms with van der Waals surface area (Å²) in [6.45, 7) is 23.6. The van der Waals surface area contributed by atoms with Gasteiger partial charge in [0.15, 0.2) is 11.5 Å². The van der Waals surface area contributed by atoms with Crippen LogP contribution in [0.25, 0.3) is 11.1 Å². The van der Waals surface area contributed by atoms with Gasteiger partial charge in [0.1, 0.15) is 0 Å². The van der Waals surface area contributed by atoms with Crippen LogP contribution < -0.4 is 20.6 Å². The van der Waals surface area contributed by atoms with Crippen molar-refractivity contribution in [3.63, 3.8) is 0 Å². The number of anilines is 3. The highest BCUT2D eigenvalue weighted by atomic mass is 79.9. The molecule has 0 unspecified atom stereocenters. The predicted molar refractivity (Wildman–Crippen MR) is 251 cm³/mol. The average molecular weight is 919 g/mol. The Bertz CT molecular complexity index is 2240. The molecule has 4 aliphatic rings. The largest absolute Gasteiger partial charge is 0.494 e. The smallest absolute Gasteiger partial charge is 0.453 e. The van der Waals surface area contributed by atoms with Crippen molar-refractivity contribution in [2.75, 3.05) is 4.90 Å². The van der Waals surface area contributed by atoms with Gasteiger partial charge in [-0.25, -0.2) is 0 Å². The molecule has 5 aromatic carbocycles. The molecule has 2 saturated heterocycles. The molecule has 3 heterocycles. The van der Waals surface area contributed by atoms with Crippen molar-refractivity contribution in [2.45, 2.75) is 123 Å². The quantitative estimate of drug-likeness (QED) is 0.155. The van der Waals surface area contributed by atoms with Gasteiger partial charge in [-0.2, -0.15) is 0 Å². The summed E-state index contributed by atoms with van der Waals surface area (Å²) < 4.78 is 33.5. The molecule has 5 aromatic rings. The minimum absolute atomic E-state index is 0.149. The number of hydrogen-bond donors (Lipinski definition) is 0. The summed E-state index contributed by atoms with van der Waals surface area (Å²) in [7, 11) is -0.722. The van der Waals surface area contributed by atoms with Crippen LogP contribution >= 0.6 is 31.9 Å². The van der Waals surface area contributed by atoms with E-state index in [0.717, 1.165) is 54.9 Å². The Kier molecular flexibility index (Phi) is 10.9. The van der Waals surface area contributed by atoms with Crippen molar-refractivity contribution < 1.29 is 23.4 Å². The lowest BCUT2D eigenvalue weighted by atomic mass is 9.73. The zero-order valence-electron chi connectivity index (χ0n) is 36.3. The normalized spacial score (nSPS) is 19.6. The van der Waals surface area contributed by atoms with Crippen molar-refractivity contribution >= 4 is 74.1 Å². The lowest BCUT2D eigenvalue weighted by Crippen LogP contribution is -2.41. The van der Waals surface area contributed by atoms with E-state index in [1.807, 2.05) is 12.1 Å². The monoisotopic (exact) mass is 917 g/mol. The Morgan fingerprint density at radius 3 is 1.36 bits per heavy atom. The van der Waals surface area contributed by atoms with Crippen LogP contribution in [-0.2, 0) is 30.5 Å². The van der Waals surface area contributed by atoms with E-state index in [0.29, 0.717) is 0 Å². The highest BCUT2D eigenvalue weighted by Gasteiger charge is 2.53. The molecule has 59 heavy (non-hydrogen) atoms. The number of aryl methyl sites for hydroxylation is 1. The zero-order valence-corrected chi connectivity index (χ0v) is 39.4.